The highest BCUT2D eigenvalue weighted by atomic mass is 79.9. The number of halogens is 1. The van der Waals surface area contributed by atoms with Crippen LogP contribution < -0.4 is 0 Å². The normalized spacial score (nSPS) is 47.1. The van der Waals surface area contributed by atoms with Crippen LogP contribution in [-0.4, -0.2) is 4.32 Å². The van der Waals surface area contributed by atoms with Crippen LogP contribution in [0.5, 0.6) is 0 Å². The summed E-state index contributed by atoms with van der Waals surface area (Å²) in [6.45, 7) is 2.28. The average Bonchev–Trinajstić information content (AvgIpc) is 2.45. The van der Waals surface area contributed by atoms with Crippen molar-refractivity contribution in [3.63, 3.8) is 0 Å². The zero-order valence-electron chi connectivity index (χ0n) is 7.02. The van der Waals surface area contributed by atoms with Gasteiger partial charge in [0.15, 0.2) is 0 Å². The number of fused-ring (bicyclic) bond motifs is 2. The van der Waals surface area contributed by atoms with E-state index in [0.717, 1.165) is 11.8 Å². The van der Waals surface area contributed by atoms with E-state index in [4.69, 9.17) is 0 Å². The third kappa shape index (κ3) is 1.18. The summed E-state index contributed by atoms with van der Waals surface area (Å²) in [6, 6.07) is 0. The molecule has 2 aliphatic rings. The van der Waals surface area contributed by atoms with Crippen molar-refractivity contribution < 1.29 is 0 Å². The largest absolute Gasteiger partial charge is 0.0850 e. The molecule has 0 nitrogen and oxygen atoms in total. The fourth-order valence-electron chi connectivity index (χ4n) is 2.60. The fourth-order valence-corrected chi connectivity index (χ4v) is 3.75. The van der Waals surface area contributed by atoms with Crippen molar-refractivity contribution in [1.82, 2.24) is 0 Å². The Bertz CT molecular complexity index is 185. The summed E-state index contributed by atoms with van der Waals surface area (Å²) in [5.74, 6) is 1.73. The first-order chi connectivity index (χ1) is 5.24. The molecule has 62 valence electrons. The van der Waals surface area contributed by atoms with E-state index in [-0.39, 0.29) is 0 Å². The van der Waals surface area contributed by atoms with Gasteiger partial charge in [0.1, 0.15) is 0 Å². The summed E-state index contributed by atoms with van der Waals surface area (Å²) < 4.78 is 0.487. The number of allylic oxidation sites excluding steroid dienone is 2. The second-order valence-corrected chi connectivity index (χ2v) is 5.56. The van der Waals surface area contributed by atoms with Gasteiger partial charge in [0.25, 0.3) is 0 Å². The Morgan fingerprint density at radius 3 is 2.82 bits per heavy atom. The smallest absolute Gasteiger partial charge is 0.0326 e. The molecule has 0 amide bonds. The third-order valence-corrected chi connectivity index (χ3v) is 4.41. The Morgan fingerprint density at radius 1 is 1.55 bits per heavy atom. The molecule has 3 unspecified atom stereocenters. The molecule has 1 fully saturated rings. The van der Waals surface area contributed by atoms with E-state index in [2.05, 4.69) is 35.0 Å². The maximum atomic E-state index is 3.91. The predicted octanol–water partition coefficient (Wildman–Crippen LogP) is 3.52. The first-order valence-corrected chi connectivity index (χ1v) is 5.41. The van der Waals surface area contributed by atoms with Gasteiger partial charge in [0.05, 0.1) is 0 Å². The fraction of sp³-hybridized carbons (Fsp3) is 0.800. The van der Waals surface area contributed by atoms with Crippen LogP contribution in [0.25, 0.3) is 0 Å². The van der Waals surface area contributed by atoms with Crippen LogP contribution >= 0.6 is 15.9 Å². The van der Waals surface area contributed by atoms with Crippen molar-refractivity contribution in [2.75, 3.05) is 0 Å². The van der Waals surface area contributed by atoms with Crippen molar-refractivity contribution >= 4 is 15.9 Å². The molecule has 1 heteroatoms. The molecule has 1 saturated carbocycles. The summed E-state index contributed by atoms with van der Waals surface area (Å²) in [4.78, 5) is 0. The quantitative estimate of drug-likeness (QED) is 0.488. The monoisotopic (exact) mass is 214 g/mol. The average molecular weight is 215 g/mol. The molecule has 2 bridgehead atoms. The molecule has 0 N–H and O–H groups in total. The highest BCUT2D eigenvalue weighted by Gasteiger charge is 2.45. The van der Waals surface area contributed by atoms with Crippen LogP contribution in [-0.2, 0) is 0 Å². The first kappa shape index (κ1) is 7.85. The molecule has 0 aromatic rings. The van der Waals surface area contributed by atoms with Crippen LogP contribution in [0.15, 0.2) is 12.2 Å². The predicted molar refractivity (Wildman–Crippen MR) is 51.9 cm³/mol. The molecular formula is C10H15Br. The molecule has 0 spiro atoms. The zero-order valence-corrected chi connectivity index (χ0v) is 8.60. The Labute approximate surface area is 77.2 Å². The van der Waals surface area contributed by atoms with Gasteiger partial charge in [-0.25, -0.2) is 0 Å². The molecule has 3 atom stereocenters. The van der Waals surface area contributed by atoms with Crippen LogP contribution in [0.1, 0.15) is 32.6 Å². The van der Waals surface area contributed by atoms with Crippen molar-refractivity contribution in [3.05, 3.63) is 12.2 Å². The van der Waals surface area contributed by atoms with E-state index < -0.39 is 0 Å². The lowest BCUT2D eigenvalue weighted by Crippen LogP contribution is -2.25. The minimum Gasteiger partial charge on any atom is -0.0850 e. The Hall–Kier alpha value is 0.220. The summed E-state index contributed by atoms with van der Waals surface area (Å²) in [7, 11) is 0. The maximum absolute atomic E-state index is 3.91. The van der Waals surface area contributed by atoms with E-state index in [0.29, 0.717) is 4.32 Å². The van der Waals surface area contributed by atoms with Gasteiger partial charge in [-0.3, -0.25) is 0 Å². The van der Waals surface area contributed by atoms with Gasteiger partial charge in [0, 0.05) is 4.32 Å². The lowest BCUT2D eigenvalue weighted by molar-refractivity contribution is 0.473. The van der Waals surface area contributed by atoms with Gasteiger partial charge in [-0.2, -0.15) is 0 Å². The molecule has 11 heavy (non-hydrogen) atoms. The van der Waals surface area contributed by atoms with Crippen LogP contribution in [0.2, 0.25) is 0 Å². The molecule has 0 heterocycles. The van der Waals surface area contributed by atoms with Crippen molar-refractivity contribution in [2.24, 2.45) is 11.8 Å². The maximum Gasteiger partial charge on any atom is 0.0326 e. The van der Waals surface area contributed by atoms with Crippen molar-refractivity contribution in [3.8, 4) is 0 Å². The summed E-state index contributed by atoms with van der Waals surface area (Å²) in [6.07, 6.45) is 10.3. The molecule has 2 aliphatic carbocycles. The van der Waals surface area contributed by atoms with Gasteiger partial charge in [-0.05, 0) is 31.1 Å². The van der Waals surface area contributed by atoms with E-state index in [1.54, 1.807) is 0 Å². The topological polar surface area (TPSA) is 0 Å². The summed E-state index contributed by atoms with van der Waals surface area (Å²) in [5.41, 5.74) is 0. The lowest BCUT2D eigenvalue weighted by atomic mass is 9.89. The van der Waals surface area contributed by atoms with Crippen LogP contribution in [0.4, 0.5) is 0 Å². The van der Waals surface area contributed by atoms with E-state index in [9.17, 15) is 0 Å². The van der Waals surface area contributed by atoms with E-state index >= 15 is 0 Å². The molecule has 0 aliphatic heterocycles. The molecular weight excluding hydrogens is 200 g/mol. The number of alkyl halides is 1. The minimum absolute atomic E-state index is 0.487. The second-order valence-electron chi connectivity index (χ2n) is 3.98. The third-order valence-electron chi connectivity index (χ3n) is 3.10. The first-order valence-electron chi connectivity index (χ1n) is 4.62. The highest BCUT2D eigenvalue weighted by Crippen LogP contribution is 2.53. The number of hydrogen-bond donors (Lipinski definition) is 0. The Kier molecular flexibility index (Phi) is 1.87. The van der Waals surface area contributed by atoms with Crippen molar-refractivity contribution in [1.29, 1.82) is 0 Å². The molecule has 0 radical (unpaired) electrons. The summed E-state index contributed by atoms with van der Waals surface area (Å²) >= 11 is 3.91. The SMILES string of the molecule is CCCC1(Br)CC2C=CC1C2. The highest BCUT2D eigenvalue weighted by molar-refractivity contribution is 9.10. The lowest BCUT2D eigenvalue weighted by Gasteiger charge is -2.28. The van der Waals surface area contributed by atoms with Gasteiger partial charge in [0.2, 0.25) is 0 Å². The van der Waals surface area contributed by atoms with Crippen molar-refractivity contribution in [2.45, 2.75) is 36.9 Å². The number of rotatable bonds is 2. The molecule has 0 aromatic carbocycles. The zero-order chi connectivity index (χ0) is 7.90. The number of hydrogen-bond acceptors (Lipinski definition) is 0. The molecule has 0 aromatic heterocycles. The Morgan fingerprint density at radius 2 is 2.36 bits per heavy atom. The van der Waals surface area contributed by atoms with Gasteiger partial charge in [-0.15, -0.1) is 0 Å². The minimum atomic E-state index is 0.487. The van der Waals surface area contributed by atoms with E-state index in [1.807, 2.05) is 0 Å². The molecule has 2 rings (SSSR count). The van der Waals surface area contributed by atoms with Crippen LogP contribution in [0.3, 0.4) is 0 Å². The Balaban J connectivity index is 2.11. The summed E-state index contributed by atoms with van der Waals surface area (Å²) in [5, 5.41) is 0. The molecule has 0 saturated heterocycles. The van der Waals surface area contributed by atoms with E-state index in [1.165, 1.54) is 25.7 Å². The van der Waals surface area contributed by atoms with Gasteiger partial charge >= 0.3 is 0 Å². The second kappa shape index (κ2) is 2.62. The van der Waals surface area contributed by atoms with Crippen LogP contribution in [0, 0.1) is 11.8 Å². The van der Waals surface area contributed by atoms with Gasteiger partial charge < -0.3 is 0 Å². The standard InChI is InChI=1S/C10H15Br/c1-2-5-10(11)7-8-3-4-9(10)6-8/h3-4,8-9H,2,5-7H2,1H3. The van der Waals surface area contributed by atoms with Gasteiger partial charge in [-0.1, -0.05) is 41.4 Å².